The van der Waals surface area contributed by atoms with Crippen LogP contribution in [-0.4, -0.2) is 28.9 Å². The normalized spacial score (nSPS) is 14.2. The first-order valence-corrected chi connectivity index (χ1v) is 12.7. The molecule has 1 amide bonds. The minimum Gasteiger partial charge on any atom is -0.436 e. The van der Waals surface area contributed by atoms with Gasteiger partial charge in [0.15, 0.2) is 5.58 Å². The maximum atomic E-state index is 13.0. The van der Waals surface area contributed by atoms with E-state index in [1.54, 1.807) is 36.4 Å². The van der Waals surface area contributed by atoms with Gasteiger partial charge in [-0.3, -0.25) is 14.9 Å². The van der Waals surface area contributed by atoms with Crippen LogP contribution in [0, 0.1) is 16.0 Å². The van der Waals surface area contributed by atoms with Crippen LogP contribution in [0.5, 0.6) is 0 Å². The molecule has 0 unspecified atom stereocenters. The van der Waals surface area contributed by atoms with E-state index in [2.05, 4.69) is 33.2 Å². The van der Waals surface area contributed by atoms with E-state index in [1.807, 2.05) is 17.0 Å². The first-order chi connectivity index (χ1) is 17.3. The largest absolute Gasteiger partial charge is 0.436 e. The number of anilines is 2. The van der Waals surface area contributed by atoms with Crippen molar-refractivity contribution in [1.82, 2.24) is 4.98 Å². The van der Waals surface area contributed by atoms with Crippen molar-refractivity contribution < 1.29 is 14.1 Å². The van der Waals surface area contributed by atoms with Crippen LogP contribution >= 0.6 is 27.5 Å². The molecule has 1 fully saturated rings. The summed E-state index contributed by atoms with van der Waals surface area (Å²) in [6, 6.07) is 15.1. The second-order valence-corrected chi connectivity index (χ2v) is 10.2. The van der Waals surface area contributed by atoms with Crippen molar-refractivity contribution in [3.63, 3.8) is 0 Å². The van der Waals surface area contributed by atoms with Crippen LogP contribution < -0.4 is 10.2 Å². The number of hydrogen-bond donors (Lipinski definition) is 1. The molecular formula is C26H22BrClN4O4. The molecule has 1 aliphatic heterocycles. The highest BCUT2D eigenvalue weighted by molar-refractivity contribution is 9.10. The van der Waals surface area contributed by atoms with Gasteiger partial charge in [0, 0.05) is 34.9 Å². The molecule has 0 bridgehead atoms. The van der Waals surface area contributed by atoms with Crippen LogP contribution in [0.15, 0.2) is 63.5 Å². The van der Waals surface area contributed by atoms with Crippen molar-refractivity contribution in [2.75, 3.05) is 23.3 Å². The van der Waals surface area contributed by atoms with E-state index in [-0.39, 0.29) is 11.3 Å². The van der Waals surface area contributed by atoms with Gasteiger partial charge in [-0.2, -0.15) is 0 Å². The molecule has 4 aromatic rings. The van der Waals surface area contributed by atoms with Crippen molar-refractivity contribution >= 4 is 61.6 Å². The first kappa shape index (κ1) is 24.3. The van der Waals surface area contributed by atoms with Gasteiger partial charge < -0.3 is 14.6 Å². The molecule has 184 valence electrons. The molecule has 0 spiro atoms. The molecule has 8 nitrogen and oxygen atoms in total. The average molecular weight is 570 g/mol. The van der Waals surface area contributed by atoms with E-state index in [4.69, 9.17) is 16.0 Å². The second-order valence-electron chi connectivity index (χ2n) is 8.91. The molecule has 3 aromatic carbocycles. The summed E-state index contributed by atoms with van der Waals surface area (Å²) in [5.74, 6) is 0.517. The van der Waals surface area contributed by atoms with Gasteiger partial charge in [0.25, 0.3) is 11.6 Å². The summed E-state index contributed by atoms with van der Waals surface area (Å²) in [4.78, 5) is 30.8. The van der Waals surface area contributed by atoms with E-state index >= 15 is 0 Å². The number of nitro benzene ring substituents is 1. The summed E-state index contributed by atoms with van der Waals surface area (Å²) in [5, 5.41) is 15.1. The number of amides is 1. The van der Waals surface area contributed by atoms with Crippen molar-refractivity contribution in [2.24, 2.45) is 5.92 Å². The van der Waals surface area contributed by atoms with E-state index in [0.29, 0.717) is 44.9 Å². The fourth-order valence-corrected chi connectivity index (χ4v) is 4.87. The zero-order valence-corrected chi connectivity index (χ0v) is 21.7. The van der Waals surface area contributed by atoms with Gasteiger partial charge in [0.1, 0.15) is 11.2 Å². The lowest BCUT2D eigenvalue weighted by atomic mass is 9.98. The number of nitrogens with zero attached hydrogens (tertiary/aromatic N) is 3. The summed E-state index contributed by atoms with van der Waals surface area (Å²) >= 11 is 9.72. The highest BCUT2D eigenvalue weighted by atomic mass is 79.9. The Morgan fingerprint density at radius 2 is 1.94 bits per heavy atom. The van der Waals surface area contributed by atoms with Crippen LogP contribution in [0.4, 0.5) is 17.1 Å². The number of hydrogen-bond acceptors (Lipinski definition) is 6. The number of aromatic nitrogens is 1. The van der Waals surface area contributed by atoms with Crippen LogP contribution in [0.25, 0.3) is 22.6 Å². The van der Waals surface area contributed by atoms with Gasteiger partial charge in [-0.15, -0.1) is 0 Å². The number of oxazole rings is 1. The Hall–Kier alpha value is -3.43. The molecule has 1 saturated heterocycles. The lowest BCUT2D eigenvalue weighted by Gasteiger charge is -2.31. The highest BCUT2D eigenvalue weighted by Gasteiger charge is 2.25. The lowest BCUT2D eigenvalue weighted by molar-refractivity contribution is -0.384. The van der Waals surface area contributed by atoms with Crippen molar-refractivity contribution in [1.29, 1.82) is 0 Å². The number of piperidine rings is 1. The third-order valence-electron chi connectivity index (χ3n) is 6.36. The smallest absolute Gasteiger partial charge is 0.293 e. The Morgan fingerprint density at radius 3 is 2.69 bits per heavy atom. The minimum absolute atomic E-state index is 0.0697. The fourth-order valence-electron chi connectivity index (χ4n) is 4.31. The molecule has 0 aliphatic carbocycles. The number of carbonyl (C=O) groups is 1. The molecular weight excluding hydrogens is 548 g/mol. The van der Waals surface area contributed by atoms with Crippen molar-refractivity contribution in [2.45, 2.75) is 19.8 Å². The zero-order valence-electron chi connectivity index (χ0n) is 19.3. The number of carbonyl (C=O) groups excluding carboxylic acids is 1. The van der Waals surface area contributed by atoms with Gasteiger partial charge >= 0.3 is 0 Å². The molecule has 1 N–H and O–H groups in total. The standard InChI is InChI=1S/C26H22BrClN4O4/c1-15-8-10-31(11-9-15)22-6-2-16(12-23(22)32(34)35)25(33)29-18-4-7-24-21(14-18)30-26(36-24)19-13-17(27)3-5-20(19)28/h2-7,12-15H,8-11H2,1H3,(H,29,33). The Morgan fingerprint density at radius 1 is 1.17 bits per heavy atom. The van der Waals surface area contributed by atoms with E-state index in [9.17, 15) is 14.9 Å². The van der Waals surface area contributed by atoms with E-state index in [0.717, 1.165) is 30.4 Å². The monoisotopic (exact) mass is 568 g/mol. The van der Waals surface area contributed by atoms with E-state index in [1.165, 1.54) is 6.07 Å². The average Bonchev–Trinajstić information content (AvgIpc) is 3.29. The number of halogens is 2. The number of nitrogens with one attached hydrogen (secondary N) is 1. The van der Waals surface area contributed by atoms with Crippen molar-refractivity contribution in [3.05, 3.63) is 79.8 Å². The predicted molar refractivity (Wildman–Crippen MR) is 144 cm³/mol. The molecule has 0 atom stereocenters. The molecule has 2 heterocycles. The Kier molecular flexibility index (Phi) is 6.68. The summed E-state index contributed by atoms with van der Waals surface area (Å²) in [5.41, 5.74) is 2.89. The van der Waals surface area contributed by atoms with E-state index < -0.39 is 10.8 Å². The third kappa shape index (κ3) is 4.94. The topological polar surface area (TPSA) is 102 Å². The molecule has 1 aliphatic rings. The Balaban J connectivity index is 1.38. The minimum atomic E-state index is -0.449. The van der Waals surface area contributed by atoms with Crippen LogP contribution in [-0.2, 0) is 0 Å². The maximum absolute atomic E-state index is 13.0. The molecule has 5 rings (SSSR count). The van der Waals surface area contributed by atoms with Gasteiger partial charge in [-0.05, 0) is 67.3 Å². The summed E-state index contributed by atoms with van der Waals surface area (Å²) in [6.07, 6.45) is 1.97. The molecule has 1 aromatic heterocycles. The van der Waals surface area contributed by atoms with Crippen LogP contribution in [0.3, 0.4) is 0 Å². The quantitative estimate of drug-likeness (QED) is 0.200. The SMILES string of the molecule is CC1CCN(c2ccc(C(=O)Nc3ccc4oc(-c5cc(Br)ccc5Cl)nc4c3)cc2[N+](=O)[O-])CC1. The first-order valence-electron chi connectivity index (χ1n) is 11.5. The predicted octanol–water partition coefficient (Wildman–Crippen LogP) is 7.31. The summed E-state index contributed by atoms with van der Waals surface area (Å²) in [6.45, 7) is 3.71. The maximum Gasteiger partial charge on any atom is 0.293 e. The number of rotatable bonds is 5. The summed E-state index contributed by atoms with van der Waals surface area (Å²) in [7, 11) is 0. The summed E-state index contributed by atoms with van der Waals surface area (Å²) < 4.78 is 6.69. The number of fused-ring (bicyclic) bond motifs is 1. The fraction of sp³-hybridized carbons (Fsp3) is 0.231. The second kappa shape index (κ2) is 9.91. The molecule has 10 heteroatoms. The highest BCUT2D eigenvalue weighted by Crippen LogP contribution is 2.34. The number of benzene rings is 3. The van der Waals surface area contributed by atoms with Gasteiger partial charge in [0.2, 0.25) is 5.89 Å². The zero-order chi connectivity index (χ0) is 25.4. The third-order valence-corrected chi connectivity index (χ3v) is 7.19. The van der Waals surface area contributed by atoms with Crippen LogP contribution in [0.2, 0.25) is 5.02 Å². The van der Waals surface area contributed by atoms with Crippen LogP contribution in [0.1, 0.15) is 30.1 Å². The Bertz CT molecular complexity index is 1480. The van der Waals surface area contributed by atoms with Gasteiger partial charge in [0.05, 0.1) is 15.5 Å². The number of nitro groups is 1. The lowest BCUT2D eigenvalue weighted by Crippen LogP contribution is -2.33. The van der Waals surface area contributed by atoms with Gasteiger partial charge in [-0.1, -0.05) is 34.5 Å². The van der Waals surface area contributed by atoms with Crippen molar-refractivity contribution in [3.8, 4) is 11.5 Å². The molecule has 0 radical (unpaired) electrons. The van der Waals surface area contributed by atoms with Gasteiger partial charge in [-0.25, -0.2) is 4.98 Å². The molecule has 36 heavy (non-hydrogen) atoms. The Labute approximate surface area is 220 Å². The molecule has 0 saturated carbocycles.